The molecule has 1 aliphatic heterocycles. The molecule has 0 N–H and O–H groups in total. The minimum atomic E-state index is 0.0506. The van der Waals surface area contributed by atoms with Crippen LogP contribution in [0.2, 0.25) is 0 Å². The molecule has 0 aromatic carbocycles. The second kappa shape index (κ2) is 3.62. The molecule has 13 heavy (non-hydrogen) atoms. The van der Waals surface area contributed by atoms with Crippen LogP contribution < -0.4 is 0 Å². The van der Waals surface area contributed by atoms with E-state index < -0.39 is 0 Å². The molecule has 1 aliphatic rings. The Balaban J connectivity index is 2.56. The van der Waals surface area contributed by atoms with Gasteiger partial charge in [0.1, 0.15) is 0 Å². The number of nitrogens with zero attached hydrogens (tertiary/aromatic N) is 1. The molecule has 0 aromatic heterocycles. The Morgan fingerprint density at radius 1 is 1.31 bits per heavy atom. The zero-order valence-electron chi connectivity index (χ0n) is 8.84. The molecule has 0 saturated carbocycles. The largest absolute Gasteiger partial charge is 0.375 e. The SMILES string of the molecule is C=N/C=C/[C@]1(C)CCC(C)(C)OC1. The molecule has 1 atom stereocenters. The fourth-order valence-electron chi connectivity index (χ4n) is 1.46. The molecule has 0 spiro atoms. The Labute approximate surface area is 80.7 Å². The summed E-state index contributed by atoms with van der Waals surface area (Å²) in [4.78, 5) is 3.73. The van der Waals surface area contributed by atoms with E-state index in [1.807, 2.05) is 0 Å². The highest BCUT2D eigenvalue weighted by atomic mass is 16.5. The predicted octanol–water partition coefficient (Wildman–Crippen LogP) is 2.80. The smallest absolute Gasteiger partial charge is 0.0627 e. The average Bonchev–Trinajstić information content (AvgIpc) is 2.08. The lowest BCUT2D eigenvalue weighted by Crippen LogP contribution is -2.38. The van der Waals surface area contributed by atoms with E-state index in [1.54, 1.807) is 6.20 Å². The number of rotatable bonds is 2. The Morgan fingerprint density at radius 3 is 2.46 bits per heavy atom. The second-order valence-electron chi connectivity index (χ2n) is 4.70. The van der Waals surface area contributed by atoms with Crippen LogP contribution >= 0.6 is 0 Å². The molecule has 0 amide bonds. The van der Waals surface area contributed by atoms with Gasteiger partial charge >= 0.3 is 0 Å². The first-order valence-corrected chi connectivity index (χ1v) is 4.75. The highest BCUT2D eigenvalue weighted by Gasteiger charge is 2.33. The van der Waals surface area contributed by atoms with Crippen molar-refractivity contribution in [2.24, 2.45) is 10.4 Å². The van der Waals surface area contributed by atoms with E-state index in [9.17, 15) is 0 Å². The maximum atomic E-state index is 5.76. The van der Waals surface area contributed by atoms with Crippen LogP contribution in [0, 0.1) is 5.41 Å². The van der Waals surface area contributed by atoms with Gasteiger partial charge in [0.25, 0.3) is 0 Å². The summed E-state index contributed by atoms with van der Waals surface area (Å²) < 4.78 is 5.76. The van der Waals surface area contributed by atoms with Gasteiger partial charge in [-0.25, -0.2) is 0 Å². The van der Waals surface area contributed by atoms with E-state index in [-0.39, 0.29) is 11.0 Å². The van der Waals surface area contributed by atoms with Gasteiger partial charge in [0.05, 0.1) is 12.2 Å². The van der Waals surface area contributed by atoms with Gasteiger partial charge < -0.3 is 4.74 Å². The summed E-state index contributed by atoms with van der Waals surface area (Å²) in [5.41, 5.74) is 0.200. The third-order valence-electron chi connectivity index (χ3n) is 2.67. The Hall–Kier alpha value is -0.630. The Morgan fingerprint density at radius 2 is 2.00 bits per heavy atom. The highest BCUT2D eigenvalue weighted by molar-refractivity contribution is 5.25. The molecule has 0 unspecified atom stereocenters. The third-order valence-corrected chi connectivity index (χ3v) is 2.67. The first-order valence-electron chi connectivity index (χ1n) is 4.75. The van der Waals surface area contributed by atoms with Crippen LogP contribution in [-0.2, 0) is 4.74 Å². The quantitative estimate of drug-likeness (QED) is 0.600. The Kier molecular flexibility index (Phi) is 2.91. The van der Waals surface area contributed by atoms with E-state index in [0.717, 1.165) is 19.4 Å². The lowest BCUT2D eigenvalue weighted by Gasteiger charge is -2.39. The summed E-state index contributed by atoms with van der Waals surface area (Å²) in [7, 11) is 0. The number of aliphatic imine (C=N–C) groups is 1. The molecular weight excluding hydrogens is 162 g/mol. The van der Waals surface area contributed by atoms with Gasteiger partial charge in [0.15, 0.2) is 0 Å². The van der Waals surface area contributed by atoms with E-state index in [1.165, 1.54) is 0 Å². The Bertz CT molecular complexity index is 208. The zero-order valence-corrected chi connectivity index (χ0v) is 8.84. The molecule has 1 heterocycles. The van der Waals surface area contributed by atoms with Gasteiger partial charge in [-0.15, -0.1) is 0 Å². The molecule has 74 valence electrons. The van der Waals surface area contributed by atoms with Gasteiger partial charge in [-0.3, -0.25) is 4.99 Å². The molecule has 2 heteroatoms. The van der Waals surface area contributed by atoms with Crippen LogP contribution in [0.4, 0.5) is 0 Å². The predicted molar refractivity (Wildman–Crippen MR) is 56.1 cm³/mol. The van der Waals surface area contributed by atoms with Crippen LogP contribution in [0.1, 0.15) is 33.6 Å². The van der Waals surface area contributed by atoms with Crippen molar-refractivity contribution in [2.45, 2.75) is 39.2 Å². The number of hydrogen-bond acceptors (Lipinski definition) is 2. The van der Waals surface area contributed by atoms with E-state index in [0.29, 0.717) is 0 Å². The van der Waals surface area contributed by atoms with Gasteiger partial charge in [-0.1, -0.05) is 13.0 Å². The second-order valence-corrected chi connectivity index (χ2v) is 4.70. The van der Waals surface area contributed by atoms with Crippen molar-refractivity contribution in [1.82, 2.24) is 0 Å². The van der Waals surface area contributed by atoms with Crippen molar-refractivity contribution in [2.75, 3.05) is 6.61 Å². The summed E-state index contributed by atoms with van der Waals surface area (Å²) in [6.07, 6.45) is 6.12. The highest BCUT2D eigenvalue weighted by Crippen LogP contribution is 2.36. The molecule has 2 nitrogen and oxygen atoms in total. The summed E-state index contributed by atoms with van der Waals surface area (Å²) in [6, 6.07) is 0. The fourth-order valence-corrected chi connectivity index (χ4v) is 1.46. The molecule has 0 bridgehead atoms. The minimum absolute atomic E-state index is 0.0506. The van der Waals surface area contributed by atoms with Gasteiger partial charge in [0.2, 0.25) is 0 Å². The van der Waals surface area contributed by atoms with Crippen LogP contribution in [0.25, 0.3) is 0 Å². The van der Waals surface area contributed by atoms with Gasteiger partial charge in [-0.2, -0.15) is 0 Å². The summed E-state index contributed by atoms with van der Waals surface area (Å²) in [6.45, 7) is 10.7. The van der Waals surface area contributed by atoms with Crippen molar-refractivity contribution in [3.63, 3.8) is 0 Å². The topological polar surface area (TPSA) is 21.6 Å². The monoisotopic (exact) mass is 181 g/mol. The standard InChI is InChI=1S/C11H19NO/c1-10(2)5-6-11(3,9-13-10)7-8-12-4/h7-8H,4-6,9H2,1-3H3/b8-7+/t11-/m0/s1. The van der Waals surface area contributed by atoms with Crippen molar-refractivity contribution in [3.05, 3.63) is 12.3 Å². The normalized spacial score (nSPS) is 33.5. The van der Waals surface area contributed by atoms with E-state index in [2.05, 4.69) is 38.6 Å². The maximum absolute atomic E-state index is 5.76. The zero-order chi connectivity index (χ0) is 9.95. The summed E-state index contributed by atoms with van der Waals surface area (Å²) in [5.74, 6) is 0. The molecular formula is C11H19NO. The van der Waals surface area contributed by atoms with Gasteiger partial charge in [0, 0.05) is 11.6 Å². The average molecular weight is 181 g/mol. The van der Waals surface area contributed by atoms with Crippen LogP contribution in [-0.4, -0.2) is 18.9 Å². The summed E-state index contributed by atoms with van der Waals surface area (Å²) >= 11 is 0. The van der Waals surface area contributed by atoms with E-state index in [4.69, 9.17) is 4.74 Å². The summed E-state index contributed by atoms with van der Waals surface area (Å²) in [5, 5.41) is 0. The molecule has 1 fully saturated rings. The van der Waals surface area contributed by atoms with Crippen molar-refractivity contribution >= 4 is 6.72 Å². The van der Waals surface area contributed by atoms with Crippen LogP contribution in [0.3, 0.4) is 0 Å². The van der Waals surface area contributed by atoms with Crippen LogP contribution in [0.15, 0.2) is 17.3 Å². The van der Waals surface area contributed by atoms with E-state index >= 15 is 0 Å². The van der Waals surface area contributed by atoms with Crippen molar-refractivity contribution in [3.8, 4) is 0 Å². The molecule has 0 radical (unpaired) electrons. The molecule has 0 aliphatic carbocycles. The maximum Gasteiger partial charge on any atom is 0.0627 e. The first kappa shape index (κ1) is 10.5. The number of hydrogen-bond donors (Lipinski definition) is 0. The first-order chi connectivity index (χ1) is 5.97. The molecule has 1 saturated heterocycles. The van der Waals surface area contributed by atoms with Crippen molar-refractivity contribution in [1.29, 1.82) is 0 Å². The third kappa shape index (κ3) is 2.96. The molecule has 1 rings (SSSR count). The van der Waals surface area contributed by atoms with Gasteiger partial charge in [-0.05, 0) is 33.4 Å². The number of ether oxygens (including phenoxy) is 1. The van der Waals surface area contributed by atoms with Crippen molar-refractivity contribution < 1.29 is 4.74 Å². The fraction of sp³-hybridized carbons (Fsp3) is 0.727. The lowest BCUT2D eigenvalue weighted by atomic mass is 9.80. The lowest BCUT2D eigenvalue weighted by molar-refractivity contribution is -0.0934. The van der Waals surface area contributed by atoms with Crippen LogP contribution in [0.5, 0.6) is 0 Å². The molecule has 0 aromatic rings. The minimum Gasteiger partial charge on any atom is -0.375 e.